The Hall–Kier alpha value is -2.30. The molecule has 0 aliphatic rings. The first-order valence-electron chi connectivity index (χ1n) is 9.44. The molecule has 2 aromatic heterocycles. The topological polar surface area (TPSA) is 97.2 Å². The van der Waals surface area contributed by atoms with Crippen LogP contribution in [0.3, 0.4) is 0 Å². The Labute approximate surface area is 174 Å². The number of imidazole rings is 1. The Balaban J connectivity index is 1.87. The lowest BCUT2D eigenvalue weighted by Gasteiger charge is -2.11. The van der Waals surface area contributed by atoms with Crippen molar-refractivity contribution >= 4 is 43.4 Å². The number of nitrogens with one attached hydrogen (secondary N) is 1. The maximum Gasteiger partial charge on any atom is 0.242 e. The number of aryl methyl sites for hydroxylation is 2. The van der Waals surface area contributed by atoms with E-state index in [-0.39, 0.29) is 17.2 Å². The molecule has 0 saturated carbocycles. The molecule has 0 aliphatic carbocycles. The number of carbonyl (C=O) groups is 1. The van der Waals surface area contributed by atoms with Gasteiger partial charge in [0, 0.05) is 45.1 Å². The van der Waals surface area contributed by atoms with Gasteiger partial charge in [0.2, 0.25) is 15.9 Å². The van der Waals surface area contributed by atoms with Gasteiger partial charge in [-0.3, -0.25) is 4.79 Å². The number of nitrogens with zero attached hydrogens (tertiary/aromatic N) is 4. The Morgan fingerprint density at radius 3 is 2.76 bits per heavy atom. The van der Waals surface area contributed by atoms with Crippen LogP contribution in [0.15, 0.2) is 34.7 Å². The SMILES string of the molecule is CCCCn1c(CCC(=O)Nc2nccs2)nc2cc(S(=O)(=O)N(C)C)ccc21. The number of unbranched alkanes of at least 4 members (excludes halogenated alkanes) is 1. The molecule has 29 heavy (non-hydrogen) atoms. The van der Waals surface area contributed by atoms with Crippen LogP contribution < -0.4 is 5.32 Å². The summed E-state index contributed by atoms with van der Waals surface area (Å²) in [4.78, 5) is 21.1. The van der Waals surface area contributed by atoms with Gasteiger partial charge in [0.05, 0.1) is 15.9 Å². The first-order chi connectivity index (χ1) is 13.8. The summed E-state index contributed by atoms with van der Waals surface area (Å²) in [5, 5.41) is 5.16. The first-order valence-corrected chi connectivity index (χ1v) is 11.8. The standard InChI is InChI=1S/C19H25N5O3S2/c1-4-5-11-24-16-7-6-14(29(26,27)23(2)3)13-15(16)21-17(24)8-9-18(25)22-19-20-10-12-28-19/h6-7,10,12-13H,4-5,8-9,11H2,1-3H3,(H,20,22,25). The van der Waals surface area contributed by atoms with E-state index in [2.05, 4.69) is 26.8 Å². The predicted octanol–water partition coefficient (Wildman–Crippen LogP) is 3.11. The number of fused-ring (bicyclic) bond motifs is 1. The van der Waals surface area contributed by atoms with Gasteiger partial charge in [-0.2, -0.15) is 0 Å². The van der Waals surface area contributed by atoms with Crippen LogP contribution in [0.2, 0.25) is 0 Å². The van der Waals surface area contributed by atoms with Gasteiger partial charge in [0.1, 0.15) is 5.82 Å². The minimum atomic E-state index is -3.53. The van der Waals surface area contributed by atoms with Crippen molar-refractivity contribution < 1.29 is 13.2 Å². The van der Waals surface area contributed by atoms with E-state index in [0.29, 0.717) is 17.1 Å². The van der Waals surface area contributed by atoms with Gasteiger partial charge in [-0.1, -0.05) is 13.3 Å². The first kappa shape index (κ1) is 21.4. The molecule has 10 heteroatoms. The molecule has 0 spiro atoms. The minimum absolute atomic E-state index is 0.120. The van der Waals surface area contributed by atoms with E-state index in [4.69, 9.17) is 0 Å². The fourth-order valence-electron chi connectivity index (χ4n) is 2.98. The molecule has 3 rings (SSSR count). The van der Waals surface area contributed by atoms with Crippen molar-refractivity contribution in [2.45, 2.75) is 44.0 Å². The average molecular weight is 436 g/mol. The van der Waals surface area contributed by atoms with Crippen molar-refractivity contribution in [1.82, 2.24) is 18.8 Å². The molecule has 156 valence electrons. The van der Waals surface area contributed by atoms with Gasteiger partial charge < -0.3 is 9.88 Å². The van der Waals surface area contributed by atoms with Gasteiger partial charge in [-0.05, 0) is 24.6 Å². The van der Waals surface area contributed by atoms with Gasteiger partial charge in [0.15, 0.2) is 5.13 Å². The minimum Gasteiger partial charge on any atom is -0.328 e. The molecule has 0 unspecified atom stereocenters. The highest BCUT2D eigenvalue weighted by atomic mass is 32.2. The number of sulfonamides is 1. The molecule has 2 heterocycles. The van der Waals surface area contributed by atoms with Crippen molar-refractivity contribution in [2.24, 2.45) is 0 Å². The van der Waals surface area contributed by atoms with Crippen LogP contribution in [0.25, 0.3) is 11.0 Å². The maximum absolute atomic E-state index is 12.4. The van der Waals surface area contributed by atoms with Gasteiger partial charge in [-0.15, -0.1) is 11.3 Å². The Morgan fingerprint density at radius 2 is 2.10 bits per heavy atom. The predicted molar refractivity (Wildman–Crippen MR) is 115 cm³/mol. The molecule has 0 aliphatic heterocycles. The molecule has 0 atom stereocenters. The van der Waals surface area contributed by atoms with E-state index in [1.807, 2.05) is 0 Å². The summed E-state index contributed by atoms with van der Waals surface area (Å²) in [7, 11) is -0.518. The van der Waals surface area contributed by atoms with E-state index >= 15 is 0 Å². The van der Waals surface area contributed by atoms with E-state index in [0.717, 1.165) is 30.7 Å². The number of hydrogen-bond acceptors (Lipinski definition) is 6. The second kappa shape index (κ2) is 9.02. The molecule has 8 nitrogen and oxygen atoms in total. The van der Waals surface area contributed by atoms with Crippen LogP contribution in [0.4, 0.5) is 5.13 Å². The zero-order valence-corrected chi connectivity index (χ0v) is 18.4. The molecule has 0 radical (unpaired) electrons. The van der Waals surface area contributed by atoms with Crippen LogP contribution in [0.5, 0.6) is 0 Å². The molecule has 1 amide bonds. The van der Waals surface area contributed by atoms with Crippen LogP contribution in [-0.2, 0) is 27.8 Å². The summed E-state index contributed by atoms with van der Waals surface area (Å²) in [6.45, 7) is 2.89. The summed E-state index contributed by atoms with van der Waals surface area (Å²) in [6.07, 6.45) is 4.38. The van der Waals surface area contributed by atoms with Crippen molar-refractivity contribution in [3.8, 4) is 0 Å². The van der Waals surface area contributed by atoms with E-state index in [1.165, 1.54) is 29.7 Å². The molecule has 0 bridgehead atoms. The second-order valence-electron chi connectivity index (χ2n) is 6.86. The molecule has 0 saturated heterocycles. The van der Waals surface area contributed by atoms with Crippen molar-refractivity contribution in [2.75, 3.05) is 19.4 Å². The van der Waals surface area contributed by atoms with Crippen LogP contribution in [0.1, 0.15) is 32.0 Å². The van der Waals surface area contributed by atoms with Crippen molar-refractivity contribution in [3.63, 3.8) is 0 Å². The van der Waals surface area contributed by atoms with E-state index in [1.54, 1.807) is 29.8 Å². The van der Waals surface area contributed by atoms with Crippen LogP contribution in [-0.4, -0.2) is 47.3 Å². The molecule has 3 aromatic rings. The number of hydrogen-bond donors (Lipinski definition) is 1. The highest BCUT2D eigenvalue weighted by Gasteiger charge is 2.20. The molecule has 1 aromatic carbocycles. The summed E-state index contributed by atoms with van der Waals surface area (Å²) in [6, 6.07) is 5.01. The van der Waals surface area contributed by atoms with Gasteiger partial charge >= 0.3 is 0 Å². The number of rotatable bonds is 9. The zero-order valence-electron chi connectivity index (χ0n) is 16.8. The number of amides is 1. The molecular formula is C19H25N5O3S2. The number of carbonyl (C=O) groups excluding carboxylic acids is 1. The highest BCUT2D eigenvalue weighted by Crippen LogP contribution is 2.23. The van der Waals surface area contributed by atoms with Crippen molar-refractivity contribution in [1.29, 1.82) is 0 Å². The molecular weight excluding hydrogens is 410 g/mol. The molecule has 0 fully saturated rings. The van der Waals surface area contributed by atoms with Crippen molar-refractivity contribution in [3.05, 3.63) is 35.6 Å². The third kappa shape index (κ3) is 4.82. The van der Waals surface area contributed by atoms with Crippen LogP contribution >= 0.6 is 11.3 Å². The average Bonchev–Trinajstić information content (AvgIpc) is 3.31. The quantitative estimate of drug-likeness (QED) is 0.557. The third-order valence-electron chi connectivity index (χ3n) is 4.57. The summed E-state index contributed by atoms with van der Waals surface area (Å²) >= 11 is 1.37. The lowest BCUT2D eigenvalue weighted by molar-refractivity contribution is -0.116. The van der Waals surface area contributed by atoms with E-state index < -0.39 is 10.0 Å². The smallest absolute Gasteiger partial charge is 0.242 e. The lowest BCUT2D eigenvalue weighted by Crippen LogP contribution is -2.22. The van der Waals surface area contributed by atoms with E-state index in [9.17, 15) is 13.2 Å². The normalized spacial score (nSPS) is 12.0. The van der Waals surface area contributed by atoms with Gasteiger partial charge in [-0.25, -0.2) is 22.7 Å². The fraction of sp³-hybridized carbons (Fsp3) is 0.421. The summed E-state index contributed by atoms with van der Waals surface area (Å²) in [5.74, 6) is 0.659. The zero-order chi connectivity index (χ0) is 21.0. The van der Waals surface area contributed by atoms with Crippen LogP contribution in [0, 0.1) is 0 Å². The van der Waals surface area contributed by atoms with Gasteiger partial charge in [0.25, 0.3) is 0 Å². The highest BCUT2D eigenvalue weighted by molar-refractivity contribution is 7.89. The Kier molecular flexibility index (Phi) is 6.66. The largest absolute Gasteiger partial charge is 0.328 e. The number of benzene rings is 1. The summed E-state index contributed by atoms with van der Waals surface area (Å²) in [5.41, 5.74) is 1.51. The maximum atomic E-state index is 12.4. The number of aromatic nitrogens is 3. The lowest BCUT2D eigenvalue weighted by atomic mass is 10.2. The fourth-order valence-corrected chi connectivity index (χ4v) is 4.45. The second-order valence-corrected chi connectivity index (χ2v) is 9.90. The Morgan fingerprint density at radius 1 is 1.31 bits per heavy atom. The number of anilines is 1. The summed E-state index contributed by atoms with van der Waals surface area (Å²) < 4.78 is 28.2. The monoisotopic (exact) mass is 435 g/mol. The Bertz CT molecular complexity index is 1090. The third-order valence-corrected chi connectivity index (χ3v) is 7.07. The molecule has 1 N–H and O–H groups in total. The number of thiazole rings is 1.